The molecule has 1 aromatic rings. The zero-order valence-corrected chi connectivity index (χ0v) is 8.89. The lowest BCUT2D eigenvalue weighted by atomic mass is 10.2. The number of hydrogen-bond acceptors (Lipinski definition) is 4. The summed E-state index contributed by atoms with van der Waals surface area (Å²) < 4.78 is 39.3. The molecule has 1 rings (SSSR count). The molecule has 0 aliphatic carbocycles. The average molecular weight is 286 g/mol. The Morgan fingerprint density at radius 3 is 2.47 bits per heavy atom. The number of nitrogens with zero attached hydrogens (tertiary/aromatic N) is 1. The van der Waals surface area contributed by atoms with Gasteiger partial charge in [0.25, 0.3) is 0 Å². The zero-order chi connectivity index (χ0) is 11.6. The van der Waals surface area contributed by atoms with E-state index in [9.17, 15) is 13.2 Å². The summed E-state index contributed by atoms with van der Waals surface area (Å²) in [7, 11) is 0. The average Bonchev–Trinajstić information content (AvgIpc) is 1.99. The van der Waals surface area contributed by atoms with Gasteiger partial charge < -0.3 is 16.2 Å². The first-order valence-corrected chi connectivity index (χ1v) is 4.53. The van der Waals surface area contributed by atoms with E-state index in [1.54, 1.807) is 0 Å². The van der Waals surface area contributed by atoms with Crippen molar-refractivity contribution in [3.8, 4) is 5.88 Å². The maximum atomic E-state index is 11.8. The third kappa shape index (κ3) is 3.24. The van der Waals surface area contributed by atoms with Crippen LogP contribution in [-0.2, 0) is 6.54 Å². The summed E-state index contributed by atoms with van der Waals surface area (Å²) in [6.07, 6.45) is -4.79. The fourth-order valence-corrected chi connectivity index (χ4v) is 1.47. The molecule has 1 aromatic heterocycles. The van der Waals surface area contributed by atoms with Crippen molar-refractivity contribution >= 4 is 21.6 Å². The second-order valence-corrected chi connectivity index (χ2v) is 3.32. The van der Waals surface area contributed by atoms with E-state index in [4.69, 9.17) is 11.5 Å². The van der Waals surface area contributed by atoms with Gasteiger partial charge in [0.05, 0.1) is 0 Å². The van der Waals surface area contributed by atoms with Crippen LogP contribution in [0.4, 0.5) is 18.9 Å². The molecule has 0 spiro atoms. The molecule has 4 nitrogen and oxygen atoms in total. The van der Waals surface area contributed by atoms with Gasteiger partial charge in [0.2, 0.25) is 5.88 Å². The molecular formula is C7H7BrF3N3O. The number of anilines is 1. The number of pyridine rings is 1. The number of nitrogens with two attached hydrogens (primary N) is 2. The van der Waals surface area contributed by atoms with Crippen molar-refractivity contribution in [3.05, 3.63) is 16.2 Å². The van der Waals surface area contributed by atoms with Crippen LogP contribution in [0.15, 0.2) is 10.7 Å². The van der Waals surface area contributed by atoms with Crippen LogP contribution in [0.25, 0.3) is 0 Å². The van der Waals surface area contributed by atoms with Gasteiger partial charge in [-0.05, 0) is 15.9 Å². The van der Waals surface area contributed by atoms with Crippen molar-refractivity contribution in [2.75, 3.05) is 5.73 Å². The summed E-state index contributed by atoms with van der Waals surface area (Å²) in [6.45, 7) is 0.0751. The van der Waals surface area contributed by atoms with Crippen LogP contribution < -0.4 is 16.2 Å². The Balaban J connectivity index is 3.04. The SMILES string of the molecule is NCc1c(N)cc(OC(F)(F)F)nc1Br. The lowest BCUT2D eigenvalue weighted by Gasteiger charge is -2.11. The molecular weight excluding hydrogens is 279 g/mol. The molecule has 0 radical (unpaired) electrons. The Bertz CT molecular complexity index is 346. The second kappa shape index (κ2) is 4.23. The fraction of sp³-hybridized carbons (Fsp3) is 0.286. The van der Waals surface area contributed by atoms with Crippen LogP contribution in [0.5, 0.6) is 5.88 Å². The van der Waals surface area contributed by atoms with Crippen molar-refractivity contribution in [2.45, 2.75) is 12.9 Å². The Labute approximate surface area is 91.5 Å². The highest BCUT2D eigenvalue weighted by atomic mass is 79.9. The predicted octanol–water partition coefficient (Wildman–Crippen LogP) is 1.78. The van der Waals surface area contributed by atoms with E-state index in [-0.39, 0.29) is 16.8 Å². The molecule has 0 aliphatic heterocycles. The van der Waals surface area contributed by atoms with Gasteiger partial charge in [-0.15, -0.1) is 13.2 Å². The normalized spacial score (nSPS) is 11.5. The van der Waals surface area contributed by atoms with Gasteiger partial charge in [0.15, 0.2) is 0 Å². The first kappa shape index (κ1) is 12.1. The fourth-order valence-electron chi connectivity index (χ4n) is 0.909. The monoisotopic (exact) mass is 285 g/mol. The number of nitrogen functional groups attached to an aromatic ring is 1. The predicted molar refractivity (Wildman–Crippen MR) is 50.9 cm³/mol. The molecule has 15 heavy (non-hydrogen) atoms. The van der Waals surface area contributed by atoms with Gasteiger partial charge in [0, 0.05) is 23.9 Å². The number of alkyl halides is 3. The minimum Gasteiger partial charge on any atom is -0.398 e. The highest BCUT2D eigenvalue weighted by Crippen LogP contribution is 2.28. The molecule has 1 heterocycles. The molecule has 0 atom stereocenters. The molecule has 4 N–H and O–H groups in total. The van der Waals surface area contributed by atoms with E-state index >= 15 is 0 Å². The summed E-state index contributed by atoms with van der Waals surface area (Å²) in [5, 5.41) is 0. The molecule has 0 amide bonds. The van der Waals surface area contributed by atoms with Crippen LogP contribution in [0, 0.1) is 0 Å². The van der Waals surface area contributed by atoms with Gasteiger partial charge in [-0.3, -0.25) is 0 Å². The summed E-state index contributed by atoms with van der Waals surface area (Å²) in [5.74, 6) is -0.621. The first-order valence-electron chi connectivity index (χ1n) is 3.74. The van der Waals surface area contributed by atoms with Gasteiger partial charge in [0.1, 0.15) is 4.60 Å². The highest BCUT2D eigenvalue weighted by molar-refractivity contribution is 9.10. The van der Waals surface area contributed by atoms with E-state index in [0.717, 1.165) is 6.07 Å². The Hall–Kier alpha value is -1.02. The number of aromatic nitrogens is 1. The highest BCUT2D eigenvalue weighted by Gasteiger charge is 2.32. The van der Waals surface area contributed by atoms with Crippen LogP contribution in [0.1, 0.15) is 5.56 Å². The van der Waals surface area contributed by atoms with Crippen molar-refractivity contribution in [1.29, 1.82) is 0 Å². The van der Waals surface area contributed by atoms with Gasteiger partial charge in [-0.2, -0.15) is 0 Å². The van der Waals surface area contributed by atoms with E-state index in [0.29, 0.717) is 5.56 Å². The summed E-state index contributed by atoms with van der Waals surface area (Å²) in [4.78, 5) is 3.50. The van der Waals surface area contributed by atoms with Crippen molar-refractivity contribution in [3.63, 3.8) is 0 Å². The van der Waals surface area contributed by atoms with E-state index in [1.165, 1.54) is 0 Å². The van der Waals surface area contributed by atoms with Crippen molar-refractivity contribution in [1.82, 2.24) is 4.98 Å². The maximum absolute atomic E-state index is 11.8. The summed E-state index contributed by atoms with van der Waals surface area (Å²) >= 11 is 2.95. The molecule has 0 aliphatic rings. The summed E-state index contributed by atoms with van der Waals surface area (Å²) in [5.41, 5.74) is 11.3. The van der Waals surface area contributed by atoms with E-state index in [2.05, 4.69) is 25.7 Å². The molecule has 8 heteroatoms. The maximum Gasteiger partial charge on any atom is 0.574 e. The largest absolute Gasteiger partial charge is 0.574 e. The quantitative estimate of drug-likeness (QED) is 0.813. The molecule has 0 unspecified atom stereocenters. The van der Waals surface area contributed by atoms with Gasteiger partial charge in [-0.25, -0.2) is 4.98 Å². The Morgan fingerprint density at radius 2 is 2.07 bits per heavy atom. The summed E-state index contributed by atoms with van der Waals surface area (Å²) in [6, 6.07) is 0.973. The second-order valence-electron chi connectivity index (χ2n) is 2.57. The molecule has 0 saturated heterocycles. The van der Waals surface area contributed by atoms with E-state index in [1.807, 2.05) is 0 Å². The van der Waals surface area contributed by atoms with Gasteiger partial charge in [-0.1, -0.05) is 0 Å². The molecule has 0 bridgehead atoms. The lowest BCUT2D eigenvalue weighted by Crippen LogP contribution is -2.18. The van der Waals surface area contributed by atoms with Crippen molar-refractivity contribution < 1.29 is 17.9 Å². The minimum atomic E-state index is -4.79. The molecule has 0 aromatic carbocycles. The van der Waals surface area contributed by atoms with Crippen LogP contribution in [0.3, 0.4) is 0 Å². The Morgan fingerprint density at radius 1 is 1.47 bits per heavy atom. The standard InChI is InChI=1S/C7H7BrF3N3O/c8-6-3(2-12)4(13)1-5(14-6)15-7(9,10)11/h1H,2,12H2,(H2,13,14). The van der Waals surface area contributed by atoms with Crippen LogP contribution >= 0.6 is 15.9 Å². The molecule has 0 saturated carbocycles. The third-order valence-electron chi connectivity index (χ3n) is 1.51. The first-order chi connectivity index (χ1) is 6.83. The molecule has 84 valence electrons. The number of ether oxygens (including phenoxy) is 1. The van der Waals surface area contributed by atoms with Crippen LogP contribution in [0.2, 0.25) is 0 Å². The van der Waals surface area contributed by atoms with Gasteiger partial charge >= 0.3 is 6.36 Å². The zero-order valence-electron chi connectivity index (χ0n) is 7.31. The van der Waals surface area contributed by atoms with Crippen LogP contribution in [-0.4, -0.2) is 11.3 Å². The molecule has 0 fully saturated rings. The topological polar surface area (TPSA) is 74.2 Å². The lowest BCUT2D eigenvalue weighted by molar-refractivity contribution is -0.276. The minimum absolute atomic E-state index is 0.0751. The number of hydrogen-bond donors (Lipinski definition) is 2. The Kier molecular flexibility index (Phi) is 3.40. The third-order valence-corrected chi connectivity index (χ3v) is 2.17. The smallest absolute Gasteiger partial charge is 0.398 e. The van der Waals surface area contributed by atoms with Crippen molar-refractivity contribution in [2.24, 2.45) is 5.73 Å². The number of halogens is 4. The van der Waals surface area contributed by atoms with E-state index < -0.39 is 12.2 Å². The number of rotatable bonds is 2.